The first-order valence-corrected chi connectivity index (χ1v) is 9.68. The number of carbonyl (C=O) groups excluding carboxylic acids is 1. The molecule has 0 saturated carbocycles. The molecule has 0 unspecified atom stereocenters. The highest BCUT2D eigenvalue weighted by Gasteiger charge is 2.25. The minimum absolute atomic E-state index is 0.200. The molecule has 1 aromatic carbocycles. The van der Waals surface area contributed by atoms with Crippen molar-refractivity contribution in [1.29, 1.82) is 0 Å². The molecule has 0 aliphatic heterocycles. The molecule has 0 aliphatic carbocycles. The van der Waals surface area contributed by atoms with Crippen molar-refractivity contribution >= 4 is 27.3 Å². The summed E-state index contributed by atoms with van der Waals surface area (Å²) in [6.45, 7) is 2.18. The summed E-state index contributed by atoms with van der Waals surface area (Å²) in [6.07, 6.45) is 0. The topological polar surface area (TPSA) is 57.7 Å². The van der Waals surface area contributed by atoms with E-state index in [-0.39, 0.29) is 29.0 Å². The number of amides is 1. The standard InChI is InChI=1S/C16H19FN2O3S2/c1-3-19(11-13-6-4-7-14(17)10-13)15(20)12-18(2)24(21,22)16-8-5-9-23-16/h4-10H,3,11-12H2,1-2H3. The largest absolute Gasteiger partial charge is 0.338 e. The van der Waals surface area contributed by atoms with Gasteiger partial charge in [-0.3, -0.25) is 4.79 Å². The molecule has 130 valence electrons. The summed E-state index contributed by atoms with van der Waals surface area (Å²) >= 11 is 1.11. The first-order valence-electron chi connectivity index (χ1n) is 7.36. The highest BCUT2D eigenvalue weighted by atomic mass is 32.2. The van der Waals surface area contributed by atoms with Crippen molar-refractivity contribution in [3.8, 4) is 0 Å². The summed E-state index contributed by atoms with van der Waals surface area (Å²) in [7, 11) is -2.29. The number of likely N-dealkylation sites (N-methyl/N-ethyl adjacent to an activating group) is 2. The van der Waals surface area contributed by atoms with Crippen LogP contribution < -0.4 is 0 Å². The monoisotopic (exact) mass is 370 g/mol. The molecule has 2 rings (SSSR count). The highest BCUT2D eigenvalue weighted by Crippen LogP contribution is 2.20. The molecule has 0 fully saturated rings. The van der Waals surface area contributed by atoms with Gasteiger partial charge < -0.3 is 4.90 Å². The molecule has 0 spiro atoms. The third kappa shape index (κ3) is 4.40. The fourth-order valence-corrected chi connectivity index (χ4v) is 4.49. The van der Waals surface area contributed by atoms with Crippen molar-refractivity contribution in [3.63, 3.8) is 0 Å². The van der Waals surface area contributed by atoms with E-state index in [0.29, 0.717) is 12.1 Å². The molecule has 1 heterocycles. The number of nitrogens with zero attached hydrogens (tertiary/aromatic N) is 2. The summed E-state index contributed by atoms with van der Waals surface area (Å²) in [4.78, 5) is 13.9. The Morgan fingerprint density at radius 2 is 2.00 bits per heavy atom. The Hall–Kier alpha value is -1.77. The van der Waals surface area contributed by atoms with Gasteiger partial charge in [-0.1, -0.05) is 18.2 Å². The van der Waals surface area contributed by atoms with E-state index in [2.05, 4.69) is 0 Å². The van der Waals surface area contributed by atoms with E-state index in [1.165, 1.54) is 30.1 Å². The molecule has 5 nitrogen and oxygen atoms in total. The minimum atomic E-state index is -3.67. The van der Waals surface area contributed by atoms with E-state index in [0.717, 1.165) is 15.6 Å². The quantitative estimate of drug-likeness (QED) is 0.753. The van der Waals surface area contributed by atoms with E-state index in [9.17, 15) is 17.6 Å². The molecular formula is C16H19FN2O3S2. The Kier molecular flexibility index (Phi) is 6.09. The SMILES string of the molecule is CCN(Cc1cccc(F)c1)C(=O)CN(C)S(=O)(=O)c1cccs1. The zero-order valence-electron chi connectivity index (χ0n) is 13.5. The van der Waals surface area contributed by atoms with Crippen LogP contribution in [0.2, 0.25) is 0 Å². The number of benzene rings is 1. The summed E-state index contributed by atoms with van der Waals surface area (Å²) in [6, 6.07) is 9.16. The Morgan fingerprint density at radius 3 is 2.58 bits per heavy atom. The lowest BCUT2D eigenvalue weighted by Crippen LogP contribution is -2.40. The lowest BCUT2D eigenvalue weighted by Gasteiger charge is -2.24. The van der Waals surface area contributed by atoms with Gasteiger partial charge in [0.05, 0.1) is 6.54 Å². The summed E-state index contributed by atoms with van der Waals surface area (Å²) in [5.74, 6) is -0.696. The summed E-state index contributed by atoms with van der Waals surface area (Å²) in [5.41, 5.74) is 0.661. The van der Waals surface area contributed by atoms with Gasteiger partial charge in [-0.15, -0.1) is 11.3 Å². The maximum atomic E-state index is 13.3. The normalized spacial score (nSPS) is 11.7. The maximum Gasteiger partial charge on any atom is 0.252 e. The fourth-order valence-electron chi connectivity index (χ4n) is 2.17. The second-order valence-corrected chi connectivity index (χ2v) is 8.45. The van der Waals surface area contributed by atoms with E-state index in [1.54, 1.807) is 30.5 Å². The fraction of sp³-hybridized carbons (Fsp3) is 0.312. The summed E-state index contributed by atoms with van der Waals surface area (Å²) in [5, 5.41) is 1.67. The molecule has 0 atom stereocenters. The molecule has 0 N–H and O–H groups in total. The first-order chi connectivity index (χ1) is 11.3. The van der Waals surface area contributed by atoms with Gasteiger partial charge in [-0.05, 0) is 36.1 Å². The molecule has 1 aromatic heterocycles. The van der Waals surface area contributed by atoms with Gasteiger partial charge in [0, 0.05) is 20.1 Å². The number of rotatable bonds is 7. The van der Waals surface area contributed by atoms with Crippen LogP contribution in [0.5, 0.6) is 0 Å². The van der Waals surface area contributed by atoms with Gasteiger partial charge in [0.2, 0.25) is 5.91 Å². The van der Waals surface area contributed by atoms with Crippen molar-refractivity contribution in [2.24, 2.45) is 0 Å². The average molecular weight is 370 g/mol. The molecule has 1 amide bonds. The number of sulfonamides is 1. The average Bonchev–Trinajstić information content (AvgIpc) is 3.07. The minimum Gasteiger partial charge on any atom is -0.338 e. The van der Waals surface area contributed by atoms with Gasteiger partial charge in [0.1, 0.15) is 10.0 Å². The predicted octanol–water partition coefficient (Wildman–Crippen LogP) is 2.56. The van der Waals surface area contributed by atoms with E-state index in [1.807, 2.05) is 0 Å². The Bertz CT molecular complexity index is 791. The van der Waals surface area contributed by atoms with Crippen LogP contribution >= 0.6 is 11.3 Å². The molecule has 0 aliphatic rings. The number of hydrogen-bond acceptors (Lipinski definition) is 4. The van der Waals surface area contributed by atoms with Crippen molar-refractivity contribution in [2.45, 2.75) is 17.7 Å². The molecule has 2 aromatic rings. The summed E-state index contributed by atoms with van der Waals surface area (Å²) < 4.78 is 39.2. The van der Waals surface area contributed by atoms with Gasteiger partial charge >= 0.3 is 0 Å². The number of halogens is 1. The molecule has 0 bridgehead atoms. The Labute approximate surface area is 145 Å². The molecule has 0 radical (unpaired) electrons. The molecular weight excluding hydrogens is 351 g/mol. The van der Waals surface area contributed by atoms with Crippen LogP contribution in [-0.2, 0) is 21.4 Å². The smallest absolute Gasteiger partial charge is 0.252 e. The van der Waals surface area contributed by atoms with E-state index in [4.69, 9.17) is 0 Å². The predicted molar refractivity (Wildman–Crippen MR) is 91.6 cm³/mol. The van der Waals surface area contributed by atoms with Crippen molar-refractivity contribution < 1.29 is 17.6 Å². The molecule has 24 heavy (non-hydrogen) atoms. The lowest BCUT2D eigenvalue weighted by atomic mass is 10.2. The molecule has 8 heteroatoms. The second-order valence-electron chi connectivity index (χ2n) is 5.23. The van der Waals surface area contributed by atoms with Crippen molar-refractivity contribution in [3.05, 3.63) is 53.2 Å². The zero-order chi connectivity index (χ0) is 17.7. The van der Waals surface area contributed by atoms with Crippen LogP contribution in [0.15, 0.2) is 46.0 Å². The zero-order valence-corrected chi connectivity index (χ0v) is 15.1. The van der Waals surface area contributed by atoms with E-state index < -0.39 is 10.0 Å². The van der Waals surface area contributed by atoms with Gasteiger partial charge in [-0.25, -0.2) is 12.8 Å². The third-order valence-electron chi connectivity index (χ3n) is 3.51. The highest BCUT2D eigenvalue weighted by molar-refractivity contribution is 7.91. The third-order valence-corrected chi connectivity index (χ3v) is 6.69. The van der Waals surface area contributed by atoms with Crippen LogP contribution in [0.4, 0.5) is 4.39 Å². The number of thiophene rings is 1. The van der Waals surface area contributed by atoms with Crippen LogP contribution in [-0.4, -0.2) is 43.7 Å². The van der Waals surface area contributed by atoms with Crippen LogP contribution in [0.3, 0.4) is 0 Å². The van der Waals surface area contributed by atoms with Crippen molar-refractivity contribution in [1.82, 2.24) is 9.21 Å². The van der Waals surface area contributed by atoms with E-state index >= 15 is 0 Å². The van der Waals surface area contributed by atoms with Gasteiger partial charge in [-0.2, -0.15) is 4.31 Å². The van der Waals surface area contributed by atoms with Crippen LogP contribution in [0, 0.1) is 5.82 Å². The second kappa shape index (κ2) is 7.87. The van der Waals surface area contributed by atoms with Crippen LogP contribution in [0.1, 0.15) is 12.5 Å². The van der Waals surface area contributed by atoms with Gasteiger partial charge in [0.25, 0.3) is 10.0 Å². The van der Waals surface area contributed by atoms with Crippen LogP contribution in [0.25, 0.3) is 0 Å². The Morgan fingerprint density at radius 1 is 1.25 bits per heavy atom. The van der Waals surface area contributed by atoms with Crippen molar-refractivity contribution in [2.75, 3.05) is 20.1 Å². The first kappa shape index (κ1) is 18.6. The molecule has 0 saturated heterocycles. The maximum absolute atomic E-state index is 13.3. The van der Waals surface area contributed by atoms with Gasteiger partial charge in [0.15, 0.2) is 0 Å². The number of carbonyl (C=O) groups is 1. The number of hydrogen-bond donors (Lipinski definition) is 0. The Balaban J connectivity index is 2.06. The lowest BCUT2D eigenvalue weighted by molar-refractivity contribution is -0.131.